The van der Waals surface area contributed by atoms with E-state index >= 15 is 0 Å². The lowest BCUT2D eigenvalue weighted by atomic mass is 9.95. The first-order valence-electron chi connectivity index (χ1n) is 8.57. The first kappa shape index (κ1) is 19.0. The highest BCUT2D eigenvalue weighted by atomic mass is 79.9. The first-order chi connectivity index (χ1) is 10.3. The Kier molecular flexibility index (Phi) is 11.4. The molecule has 0 N–H and O–H groups in total. The van der Waals surface area contributed by atoms with Crippen molar-refractivity contribution in [3.63, 3.8) is 0 Å². The van der Waals surface area contributed by atoms with E-state index in [4.69, 9.17) is 11.6 Å². The van der Waals surface area contributed by atoms with Crippen molar-refractivity contribution in [3.05, 3.63) is 34.9 Å². The predicted molar refractivity (Wildman–Crippen MR) is 99.7 cm³/mol. The van der Waals surface area contributed by atoms with Gasteiger partial charge in [-0.25, -0.2) is 0 Å². The van der Waals surface area contributed by atoms with Gasteiger partial charge < -0.3 is 0 Å². The normalized spacial score (nSPS) is 12.5. The first-order valence-corrected chi connectivity index (χ1v) is 10.1. The van der Waals surface area contributed by atoms with Gasteiger partial charge in [-0.1, -0.05) is 104 Å². The molecule has 0 saturated carbocycles. The molecule has 0 amide bonds. The maximum Gasteiger partial charge on any atom is 0.0438 e. The molecule has 0 fully saturated rings. The third-order valence-corrected chi connectivity index (χ3v) is 5.43. The third kappa shape index (κ3) is 8.88. The molecule has 0 bridgehead atoms. The molecular formula is C19H30BrCl. The molecule has 2 heteroatoms. The number of halogens is 2. The van der Waals surface area contributed by atoms with Crippen molar-refractivity contribution in [1.82, 2.24) is 0 Å². The molecule has 0 nitrogen and oxygen atoms in total. The molecule has 0 radical (unpaired) electrons. The second kappa shape index (κ2) is 12.5. The van der Waals surface area contributed by atoms with E-state index in [1.54, 1.807) is 0 Å². The molecule has 0 aromatic heterocycles. The van der Waals surface area contributed by atoms with Crippen LogP contribution in [0.15, 0.2) is 24.3 Å². The van der Waals surface area contributed by atoms with Gasteiger partial charge in [0.15, 0.2) is 0 Å². The molecule has 120 valence electrons. The van der Waals surface area contributed by atoms with Crippen molar-refractivity contribution >= 4 is 27.5 Å². The zero-order chi connectivity index (χ0) is 15.3. The fourth-order valence-electron chi connectivity index (χ4n) is 2.78. The summed E-state index contributed by atoms with van der Waals surface area (Å²) in [6.45, 7) is 2.28. The van der Waals surface area contributed by atoms with Crippen molar-refractivity contribution in [2.24, 2.45) is 5.92 Å². The van der Waals surface area contributed by atoms with Gasteiger partial charge in [0.25, 0.3) is 0 Å². The molecule has 21 heavy (non-hydrogen) atoms. The second-order valence-corrected chi connectivity index (χ2v) is 7.13. The maximum absolute atomic E-state index is 6.25. The minimum absolute atomic E-state index is 0.713. The minimum Gasteiger partial charge on any atom is -0.0925 e. The van der Waals surface area contributed by atoms with Gasteiger partial charge in [-0.15, -0.1) is 0 Å². The molecular weight excluding hydrogens is 344 g/mol. The molecule has 1 atom stereocenters. The number of rotatable bonds is 12. The van der Waals surface area contributed by atoms with Crippen LogP contribution in [0.4, 0.5) is 0 Å². The summed E-state index contributed by atoms with van der Waals surface area (Å²) in [5, 5.41) is 1.99. The Hall–Kier alpha value is -0.0100. The van der Waals surface area contributed by atoms with Gasteiger partial charge in [0.1, 0.15) is 0 Å². The van der Waals surface area contributed by atoms with E-state index in [1.165, 1.54) is 63.4 Å². The van der Waals surface area contributed by atoms with Crippen molar-refractivity contribution in [2.45, 2.75) is 71.1 Å². The average molecular weight is 374 g/mol. The Morgan fingerprint density at radius 1 is 0.952 bits per heavy atom. The van der Waals surface area contributed by atoms with Crippen molar-refractivity contribution in [3.8, 4) is 0 Å². The van der Waals surface area contributed by atoms with Gasteiger partial charge in [-0.05, 0) is 30.4 Å². The minimum atomic E-state index is 0.713. The molecule has 0 saturated heterocycles. The Morgan fingerprint density at radius 2 is 1.57 bits per heavy atom. The molecule has 0 aliphatic heterocycles. The van der Waals surface area contributed by atoms with Crippen LogP contribution in [0.2, 0.25) is 5.02 Å². The van der Waals surface area contributed by atoms with E-state index in [-0.39, 0.29) is 0 Å². The van der Waals surface area contributed by atoms with Gasteiger partial charge in [-0.2, -0.15) is 0 Å². The maximum atomic E-state index is 6.25. The monoisotopic (exact) mass is 372 g/mol. The summed E-state index contributed by atoms with van der Waals surface area (Å²) in [7, 11) is 0. The summed E-state index contributed by atoms with van der Waals surface area (Å²) in [4.78, 5) is 0. The smallest absolute Gasteiger partial charge is 0.0438 e. The molecule has 1 unspecified atom stereocenters. The molecule has 1 aromatic rings. The largest absolute Gasteiger partial charge is 0.0925 e. The summed E-state index contributed by atoms with van der Waals surface area (Å²) < 4.78 is 0. The number of hydrogen-bond donors (Lipinski definition) is 0. The van der Waals surface area contributed by atoms with Gasteiger partial charge in [0.05, 0.1) is 0 Å². The van der Waals surface area contributed by atoms with Crippen LogP contribution < -0.4 is 0 Å². The van der Waals surface area contributed by atoms with Crippen molar-refractivity contribution < 1.29 is 0 Å². The van der Waals surface area contributed by atoms with Crippen molar-refractivity contribution in [2.75, 3.05) is 5.33 Å². The molecule has 0 spiro atoms. The van der Waals surface area contributed by atoms with Crippen LogP contribution in [0.1, 0.15) is 70.3 Å². The van der Waals surface area contributed by atoms with Gasteiger partial charge in [-0.3, -0.25) is 0 Å². The Balaban J connectivity index is 2.13. The number of unbranched alkanes of at least 4 members (excludes halogenated alkanes) is 7. The van der Waals surface area contributed by atoms with Crippen LogP contribution in [0.3, 0.4) is 0 Å². The van der Waals surface area contributed by atoms with Crippen LogP contribution in [0, 0.1) is 5.92 Å². The van der Waals surface area contributed by atoms with E-state index in [0.29, 0.717) is 5.92 Å². The lowest BCUT2D eigenvalue weighted by molar-refractivity contribution is 0.486. The van der Waals surface area contributed by atoms with Crippen LogP contribution in [0.25, 0.3) is 0 Å². The lowest BCUT2D eigenvalue weighted by Gasteiger charge is -2.15. The highest BCUT2D eigenvalue weighted by Crippen LogP contribution is 2.23. The summed E-state index contributed by atoms with van der Waals surface area (Å²) in [5.41, 5.74) is 1.29. The standard InChI is InChI=1S/C19H30BrCl/c1-2-3-4-5-6-7-8-9-12-17(16-20)15-18-13-10-11-14-19(18)21/h10-11,13-14,17H,2-9,12,15-16H2,1H3. The highest BCUT2D eigenvalue weighted by Gasteiger charge is 2.10. The SMILES string of the molecule is CCCCCCCCCCC(CBr)Cc1ccccc1Cl. The van der Waals surface area contributed by atoms with E-state index in [0.717, 1.165) is 16.8 Å². The Labute approximate surface area is 144 Å². The van der Waals surface area contributed by atoms with Gasteiger partial charge in [0, 0.05) is 10.4 Å². The fraction of sp³-hybridized carbons (Fsp3) is 0.684. The molecule has 0 aliphatic rings. The number of hydrogen-bond acceptors (Lipinski definition) is 0. The van der Waals surface area contributed by atoms with Gasteiger partial charge >= 0.3 is 0 Å². The number of benzene rings is 1. The zero-order valence-electron chi connectivity index (χ0n) is 13.4. The predicted octanol–water partition coefficient (Wildman–Crippen LogP) is 7.42. The lowest BCUT2D eigenvalue weighted by Crippen LogP contribution is -2.06. The quantitative estimate of drug-likeness (QED) is 0.264. The summed E-state index contributed by atoms with van der Waals surface area (Å²) in [5.74, 6) is 0.713. The highest BCUT2D eigenvalue weighted by molar-refractivity contribution is 9.09. The fourth-order valence-corrected chi connectivity index (χ4v) is 3.54. The van der Waals surface area contributed by atoms with E-state index in [1.807, 2.05) is 12.1 Å². The van der Waals surface area contributed by atoms with Crippen molar-refractivity contribution in [1.29, 1.82) is 0 Å². The van der Waals surface area contributed by atoms with Crippen LogP contribution in [0.5, 0.6) is 0 Å². The third-order valence-electron chi connectivity index (χ3n) is 4.15. The number of alkyl halides is 1. The topological polar surface area (TPSA) is 0 Å². The Bertz CT molecular complexity index is 364. The summed E-state index contributed by atoms with van der Waals surface area (Å²) in [6.07, 6.45) is 13.6. The molecule has 1 aromatic carbocycles. The molecule has 0 aliphatic carbocycles. The van der Waals surface area contributed by atoms with Crippen LogP contribution in [-0.2, 0) is 6.42 Å². The molecule has 0 heterocycles. The van der Waals surface area contributed by atoms with Crippen LogP contribution >= 0.6 is 27.5 Å². The Morgan fingerprint density at radius 3 is 2.19 bits per heavy atom. The van der Waals surface area contributed by atoms with E-state index in [9.17, 15) is 0 Å². The van der Waals surface area contributed by atoms with E-state index in [2.05, 4.69) is 35.0 Å². The average Bonchev–Trinajstić information content (AvgIpc) is 2.50. The van der Waals surface area contributed by atoms with Crippen LogP contribution in [-0.4, -0.2) is 5.33 Å². The zero-order valence-corrected chi connectivity index (χ0v) is 15.8. The summed E-state index contributed by atoms with van der Waals surface area (Å²) >= 11 is 9.92. The second-order valence-electron chi connectivity index (χ2n) is 6.08. The summed E-state index contributed by atoms with van der Waals surface area (Å²) in [6, 6.07) is 8.25. The molecule has 1 rings (SSSR count). The van der Waals surface area contributed by atoms with E-state index < -0.39 is 0 Å². The van der Waals surface area contributed by atoms with Gasteiger partial charge in [0.2, 0.25) is 0 Å².